The summed E-state index contributed by atoms with van der Waals surface area (Å²) in [5, 5.41) is 19.6. The Kier molecular flexibility index (Phi) is 6.64. The first-order chi connectivity index (χ1) is 16.2. The quantitative estimate of drug-likeness (QED) is 0.411. The zero-order valence-corrected chi connectivity index (χ0v) is 19.8. The molecule has 8 heteroatoms. The van der Waals surface area contributed by atoms with Crippen molar-refractivity contribution in [1.82, 2.24) is 9.78 Å². The Morgan fingerprint density at radius 1 is 1.24 bits per heavy atom. The van der Waals surface area contributed by atoms with Crippen molar-refractivity contribution in [1.29, 1.82) is 5.26 Å². The molecule has 2 heterocycles. The van der Waals surface area contributed by atoms with Crippen LogP contribution < -0.4 is 10.1 Å². The number of benzene rings is 2. The van der Waals surface area contributed by atoms with Gasteiger partial charge in [-0.3, -0.25) is 0 Å². The predicted molar refractivity (Wildman–Crippen MR) is 130 cm³/mol. The summed E-state index contributed by atoms with van der Waals surface area (Å²) >= 11 is 12.5. The number of nitrogens with one attached hydrogen (secondary N) is 1. The van der Waals surface area contributed by atoms with Crippen LogP contribution in [0.4, 0.5) is 5.69 Å². The van der Waals surface area contributed by atoms with Crippen molar-refractivity contribution in [2.24, 2.45) is 0 Å². The number of hydrogen-bond donors (Lipinski definition) is 1. The zero-order valence-electron chi connectivity index (χ0n) is 18.3. The van der Waals surface area contributed by atoms with E-state index in [2.05, 4.69) is 34.7 Å². The molecule has 6 nitrogen and oxygen atoms in total. The van der Waals surface area contributed by atoms with Gasteiger partial charge in [0, 0.05) is 17.7 Å². The van der Waals surface area contributed by atoms with E-state index < -0.39 is 0 Å². The van der Waals surface area contributed by atoms with Crippen molar-refractivity contribution in [3.8, 4) is 11.8 Å². The van der Waals surface area contributed by atoms with E-state index in [1.54, 1.807) is 0 Å². The second kappa shape index (κ2) is 9.80. The van der Waals surface area contributed by atoms with Crippen LogP contribution >= 0.6 is 23.2 Å². The molecule has 2 aromatic carbocycles. The van der Waals surface area contributed by atoms with Gasteiger partial charge in [-0.2, -0.15) is 10.4 Å². The Balaban J connectivity index is 1.42. The number of aromatic nitrogens is 2. The largest absolute Gasteiger partial charge is 0.489 e. The molecule has 1 saturated heterocycles. The first-order valence-electron chi connectivity index (χ1n) is 11.5. The Bertz CT molecular complexity index is 1200. The summed E-state index contributed by atoms with van der Waals surface area (Å²) in [4.78, 5) is 0. The van der Waals surface area contributed by atoms with Crippen LogP contribution in [0.15, 0.2) is 30.5 Å². The van der Waals surface area contributed by atoms with Crippen LogP contribution in [0.3, 0.4) is 0 Å². The van der Waals surface area contributed by atoms with Gasteiger partial charge in [-0.25, -0.2) is 4.68 Å². The van der Waals surface area contributed by atoms with Gasteiger partial charge in [-0.1, -0.05) is 11.6 Å². The first kappa shape index (κ1) is 22.3. The molecule has 1 aliphatic heterocycles. The van der Waals surface area contributed by atoms with Gasteiger partial charge in [-0.15, -0.1) is 11.6 Å². The molecule has 1 aliphatic carbocycles. The van der Waals surface area contributed by atoms with Crippen LogP contribution in [-0.4, -0.2) is 28.9 Å². The molecule has 2 atom stereocenters. The lowest BCUT2D eigenvalue weighted by atomic mass is 9.86. The average Bonchev–Trinajstić information content (AvgIpc) is 3.27. The minimum absolute atomic E-state index is 0.0158. The van der Waals surface area contributed by atoms with Gasteiger partial charge in [-0.05, 0) is 73.9 Å². The molecular formula is C25H26Cl2N4O2. The molecule has 0 spiro atoms. The maximum absolute atomic E-state index is 9.69. The molecule has 0 radical (unpaired) electrons. The molecule has 1 aromatic heterocycles. The van der Waals surface area contributed by atoms with Crippen molar-refractivity contribution in [2.75, 3.05) is 24.4 Å². The van der Waals surface area contributed by atoms with E-state index in [1.807, 2.05) is 16.9 Å². The van der Waals surface area contributed by atoms with Crippen LogP contribution in [0, 0.1) is 11.3 Å². The molecule has 0 bridgehead atoms. The van der Waals surface area contributed by atoms with E-state index in [-0.39, 0.29) is 12.3 Å². The third-order valence-electron chi connectivity index (χ3n) is 6.46. The van der Waals surface area contributed by atoms with E-state index >= 15 is 0 Å². The maximum Gasteiger partial charge on any atom is 0.155 e. The van der Waals surface area contributed by atoms with Crippen molar-refractivity contribution in [2.45, 2.75) is 50.8 Å². The van der Waals surface area contributed by atoms with E-state index in [0.29, 0.717) is 28.8 Å². The van der Waals surface area contributed by atoms with Gasteiger partial charge in [0.1, 0.15) is 12.7 Å². The monoisotopic (exact) mass is 484 g/mol. The fourth-order valence-electron chi connectivity index (χ4n) is 4.90. The van der Waals surface area contributed by atoms with Crippen molar-refractivity contribution >= 4 is 39.8 Å². The van der Waals surface area contributed by atoms with E-state index in [4.69, 9.17) is 32.7 Å². The lowest BCUT2D eigenvalue weighted by Crippen LogP contribution is -2.19. The molecule has 2 unspecified atom stereocenters. The fourth-order valence-corrected chi connectivity index (χ4v) is 5.34. The number of hydrogen-bond acceptors (Lipinski definition) is 5. The molecule has 33 heavy (non-hydrogen) atoms. The van der Waals surface area contributed by atoms with Gasteiger partial charge in [0.2, 0.25) is 0 Å². The summed E-state index contributed by atoms with van der Waals surface area (Å²) in [5.74, 6) is 0.784. The summed E-state index contributed by atoms with van der Waals surface area (Å²) in [7, 11) is 0. The Morgan fingerprint density at radius 3 is 2.94 bits per heavy atom. The second-order valence-electron chi connectivity index (χ2n) is 8.56. The highest BCUT2D eigenvalue weighted by Gasteiger charge is 2.27. The van der Waals surface area contributed by atoms with Crippen molar-refractivity contribution < 1.29 is 9.47 Å². The molecule has 1 N–H and O–H groups in total. The first-order valence-corrected chi connectivity index (χ1v) is 12.4. The van der Waals surface area contributed by atoms with E-state index in [0.717, 1.165) is 66.4 Å². The maximum atomic E-state index is 9.69. The highest BCUT2D eigenvalue weighted by atomic mass is 35.5. The minimum atomic E-state index is 0.0158. The van der Waals surface area contributed by atoms with Gasteiger partial charge in [0.15, 0.2) is 12.0 Å². The molecule has 0 saturated carbocycles. The van der Waals surface area contributed by atoms with E-state index in [1.165, 1.54) is 6.42 Å². The van der Waals surface area contributed by atoms with Crippen LogP contribution in [0.25, 0.3) is 10.9 Å². The van der Waals surface area contributed by atoms with Gasteiger partial charge in [0.05, 0.1) is 34.2 Å². The number of alkyl halides is 1. The topological polar surface area (TPSA) is 72.1 Å². The third-order valence-corrected chi connectivity index (χ3v) is 7.02. The zero-order chi connectivity index (χ0) is 22.8. The summed E-state index contributed by atoms with van der Waals surface area (Å²) in [6.45, 7) is 1.11. The Morgan fingerprint density at radius 2 is 2.15 bits per heavy atom. The summed E-state index contributed by atoms with van der Waals surface area (Å²) in [6.07, 6.45) is 8.02. The van der Waals surface area contributed by atoms with Gasteiger partial charge >= 0.3 is 0 Å². The number of nitrogens with zero attached hydrogens (tertiary/aromatic N) is 3. The third kappa shape index (κ3) is 4.38. The van der Waals surface area contributed by atoms with Crippen molar-refractivity contribution in [3.63, 3.8) is 0 Å². The molecule has 172 valence electrons. The normalized spacial score (nSPS) is 20.3. The van der Waals surface area contributed by atoms with Gasteiger partial charge < -0.3 is 14.8 Å². The number of ether oxygens (including phenoxy) is 2. The number of rotatable bonds is 6. The minimum Gasteiger partial charge on any atom is -0.489 e. The van der Waals surface area contributed by atoms with Crippen LogP contribution in [0.5, 0.6) is 5.75 Å². The average molecular weight is 485 g/mol. The molecular weight excluding hydrogens is 459 g/mol. The molecule has 2 aliphatic rings. The SMILES string of the molecule is N#Cc1cc2c(c(Cl)c1OCCCl)CCCC2Nc1ccc2c(cnn2C2CCCCO2)c1. The smallest absolute Gasteiger partial charge is 0.155 e. The second-order valence-corrected chi connectivity index (χ2v) is 9.31. The molecule has 3 aromatic rings. The molecule has 0 amide bonds. The highest BCUT2D eigenvalue weighted by Crippen LogP contribution is 2.42. The van der Waals surface area contributed by atoms with Crippen LogP contribution in [0.2, 0.25) is 5.02 Å². The fraction of sp³-hybridized carbons (Fsp3) is 0.440. The summed E-state index contributed by atoms with van der Waals surface area (Å²) < 4.78 is 13.6. The lowest BCUT2D eigenvalue weighted by molar-refractivity contribution is -0.0366. The van der Waals surface area contributed by atoms with Crippen LogP contribution in [-0.2, 0) is 11.2 Å². The van der Waals surface area contributed by atoms with Gasteiger partial charge in [0.25, 0.3) is 0 Å². The Labute approximate surface area is 203 Å². The standard InChI is InChI=1S/C25H26Cl2N4O2/c26-9-11-33-25-16(14-28)13-20-19(24(25)27)4-3-5-21(20)30-18-7-8-22-17(12-18)15-29-31(22)23-6-1-2-10-32-23/h7-8,12-13,15,21,23,30H,1-6,9-11H2. The number of anilines is 1. The molecule has 1 fully saturated rings. The molecule has 5 rings (SSSR count). The number of fused-ring (bicyclic) bond motifs is 2. The number of halogens is 2. The lowest BCUT2D eigenvalue weighted by Gasteiger charge is -2.29. The number of nitriles is 1. The predicted octanol–water partition coefficient (Wildman–Crippen LogP) is 6.37. The highest BCUT2D eigenvalue weighted by molar-refractivity contribution is 6.33. The van der Waals surface area contributed by atoms with Crippen LogP contribution in [0.1, 0.15) is 61.1 Å². The van der Waals surface area contributed by atoms with E-state index in [9.17, 15) is 5.26 Å². The summed E-state index contributed by atoms with van der Waals surface area (Å²) in [6, 6.07) is 10.5. The summed E-state index contributed by atoms with van der Waals surface area (Å²) in [5.41, 5.74) is 4.65. The Hall–Kier alpha value is -2.46. The van der Waals surface area contributed by atoms with Crippen molar-refractivity contribution in [3.05, 3.63) is 52.2 Å².